The van der Waals surface area contributed by atoms with Crippen LogP contribution in [0.2, 0.25) is 0 Å². The van der Waals surface area contributed by atoms with Crippen LogP contribution in [0.15, 0.2) is 41.6 Å². The monoisotopic (exact) mass is 263 g/mol. The molecule has 1 aromatic carbocycles. The van der Waals surface area contributed by atoms with E-state index in [1.165, 1.54) is 23.4 Å². The third-order valence-electron chi connectivity index (χ3n) is 3.25. The summed E-state index contributed by atoms with van der Waals surface area (Å²) < 4.78 is 26.3. The molecule has 0 bridgehead atoms. The number of hydrogen-bond acceptors (Lipinski definition) is 3. The maximum Gasteiger partial charge on any atom is 0.257 e. The lowest BCUT2D eigenvalue weighted by Crippen LogP contribution is -2.33. The summed E-state index contributed by atoms with van der Waals surface area (Å²) in [6, 6.07) is 9.55. The fraction of sp³-hybridized carbons (Fsp3) is 0.250. The smallest absolute Gasteiger partial charge is 0.257 e. The molecular weight excluding hydrogens is 250 g/mol. The van der Waals surface area contributed by atoms with E-state index >= 15 is 0 Å². The van der Waals surface area contributed by atoms with Gasteiger partial charge < -0.3 is 0 Å². The minimum absolute atomic E-state index is 0.107. The highest BCUT2D eigenvalue weighted by molar-refractivity contribution is 7.89. The van der Waals surface area contributed by atoms with Crippen molar-refractivity contribution in [2.45, 2.75) is 17.4 Å². The molecule has 0 radical (unpaired) electrons. The molecule has 1 aliphatic carbocycles. The van der Waals surface area contributed by atoms with Crippen LogP contribution >= 0.6 is 0 Å². The van der Waals surface area contributed by atoms with Gasteiger partial charge in [-0.1, -0.05) is 24.3 Å². The minimum atomic E-state index is -3.46. The molecule has 1 unspecified atom stereocenters. The van der Waals surface area contributed by atoms with E-state index < -0.39 is 10.0 Å². The van der Waals surface area contributed by atoms with E-state index in [4.69, 9.17) is 0 Å². The molecule has 0 saturated carbocycles. The summed E-state index contributed by atoms with van der Waals surface area (Å²) in [4.78, 5) is 0. The third-order valence-corrected chi connectivity index (χ3v) is 4.60. The number of fused-ring (bicyclic) bond motifs is 1. The van der Waals surface area contributed by atoms with Gasteiger partial charge in [-0.25, -0.2) is 13.1 Å². The van der Waals surface area contributed by atoms with Crippen LogP contribution in [0.3, 0.4) is 0 Å². The van der Waals surface area contributed by atoms with E-state index in [9.17, 15) is 8.42 Å². The zero-order valence-corrected chi connectivity index (χ0v) is 10.4. The summed E-state index contributed by atoms with van der Waals surface area (Å²) in [6.07, 6.45) is 2.36. The molecule has 94 valence electrons. The van der Waals surface area contributed by atoms with Crippen LogP contribution in [0.5, 0.6) is 0 Å². The number of H-pyrrole nitrogens is 1. The van der Waals surface area contributed by atoms with Gasteiger partial charge in [0.15, 0.2) is 5.03 Å². The normalized spacial score (nSPS) is 18.1. The summed E-state index contributed by atoms with van der Waals surface area (Å²) in [6.45, 7) is 0.429. The summed E-state index contributed by atoms with van der Waals surface area (Å²) in [5.74, 6) is 0.277. The van der Waals surface area contributed by atoms with E-state index in [1.54, 1.807) is 0 Å². The molecule has 1 heterocycles. The molecule has 0 amide bonds. The largest absolute Gasteiger partial charge is 0.266 e. The van der Waals surface area contributed by atoms with Crippen molar-refractivity contribution in [3.63, 3.8) is 0 Å². The summed E-state index contributed by atoms with van der Waals surface area (Å²) in [5, 5.41) is 6.20. The second-order valence-electron chi connectivity index (χ2n) is 4.37. The molecule has 0 aliphatic heterocycles. The van der Waals surface area contributed by atoms with Crippen molar-refractivity contribution in [1.82, 2.24) is 14.9 Å². The van der Waals surface area contributed by atoms with Crippen LogP contribution < -0.4 is 4.72 Å². The topological polar surface area (TPSA) is 74.8 Å². The summed E-state index contributed by atoms with van der Waals surface area (Å²) in [5.41, 5.74) is 2.55. The number of aromatic amines is 1. The van der Waals surface area contributed by atoms with Crippen molar-refractivity contribution >= 4 is 10.0 Å². The Morgan fingerprint density at radius 3 is 2.89 bits per heavy atom. The molecule has 5 nitrogen and oxygen atoms in total. The zero-order chi connectivity index (χ0) is 12.6. The molecule has 6 heteroatoms. The molecule has 0 fully saturated rings. The lowest BCUT2D eigenvalue weighted by molar-refractivity contribution is 0.549. The highest BCUT2D eigenvalue weighted by atomic mass is 32.2. The highest BCUT2D eigenvalue weighted by Crippen LogP contribution is 2.34. The van der Waals surface area contributed by atoms with Gasteiger partial charge in [0.1, 0.15) is 0 Å². The Morgan fingerprint density at radius 2 is 2.17 bits per heavy atom. The fourth-order valence-corrected chi connectivity index (χ4v) is 3.21. The van der Waals surface area contributed by atoms with Crippen LogP contribution in [0.25, 0.3) is 0 Å². The first-order chi connectivity index (χ1) is 8.67. The van der Waals surface area contributed by atoms with E-state index in [1.807, 2.05) is 18.2 Å². The van der Waals surface area contributed by atoms with Crippen LogP contribution in [0.1, 0.15) is 17.0 Å². The minimum Gasteiger partial charge on any atom is -0.266 e. The fourth-order valence-electron chi connectivity index (χ4n) is 2.23. The Labute approximate surface area is 105 Å². The number of sulfonamides is 1. The average Bonchev–Trinajstić information content (AvgIpc) is 2.84. The van der Waals surface area contributed by atoms with Gasteiger partial charge in [0.05, 0.1) is 6.20 Å². The Balaban J connectivity index is 1.68. The van der Waals surface area contributed by atoms with E-state index in [0.717, 1.165) is 6.42 Å². The highest BCUT2D eigenvalue weighted by Gasteiger charge is 2.27. The Kier molecular flexibility index (Phi) is 2.68. The Morgan fingerprint density at radius 1 is 1.33 bits per heavy atom. The lowest BCUT2D eigenvalue weighted by Gasteiger charge is -2.29. The standard InChI is InChI=1S/C12H13N3O2S/c16-18(17,12-5-6-13-15-12)14-8-10-7-9-3-1-2-4-11(9)10/h1-6,10,14H,7-8H2,(H,13,15). The van der Waals surface area contributed by atoms with Crippen molar-refractivity contribution < 1.29 is 8.42 Å². The summed E-state index contributed by atoms with van der Waals surface area (Å²) >= 11 is 0. The molecule has 1 aromatic heterocycles. The van der Waals surface area contributed by atoms with Crippen LogP contribution in [0, 0.1) is 0 Å². The molecule has 2 aromatic rings. The first-order valence-electron chi connectivity index (χ1n) is 5.74. The molecule has 18 heavy (non-hydrogen) atoms. The number of nitrogens with one attached hydrogen (secondary N) is 2. The van der Waals surface area contributed by atoms with Gasteiger partial charge in [-0.05, 0) is 23.6 Å². The van der Waals surface area contributed by atoms with Gasteiger partial charge in [0, 0.05) is 12.5 Å². The predicted molar refractivity (Wildman–Crippen MR) is 66.7 cm³/mol. The van der Waals surface area contributed by atoms with E-state index in [0.29, 0.717) is 6.54 Å². The molecule has 0 saturated heterocycles. The summed E-state index contributed by atoms with van der Waals surface area (Å²) in [7, 11) is -3.46. The van der Waals surface area contributed by atoms with Gasteiger partial charge in [0.2, 0.25) is 0 Å². The lowest BCUT2D eigenvalue weighted by atomic mass is 9.78. The van der Waals surface area contributed by atoms with Gasteiger partial charge in [-0.2, -0.15) is 5.10 Å². The number of rotatable bonds is 4. The molecule has 1 aliphatic rings. The molecule has 3 rings (SSSR count). The first-order valence-corrected chi connectivity index (χ1v) is 7.22. The molecule has 1 atom stereocenters. The van der Waals surface area contributed by atoms with Gasteiger partial charge in [0.25, 0.3) is 10.0 Å². The second-order valence-corrected chi connectivity index (χ2v) is 6.11. The van der Waals surface area contributed by atoms with Gasteiger partial charge in [-0.3, -0.25) is 5.10 Å². The number of hydrogen-bond donors (Lipinski definition) is 2. The van der Waals surface area contributed by atoms with Crippen molar-refractivity contribution in [2.75, 3.05) is 6.54 Å². The van der Waals surface area contributed by atoms with Crippen LogP contribution in [-0.2, 0) is 16.4 Å². The number of aromatic nitrogens is 2. The molecule has 2 N–H and O–H groups in total. The number of benzene rings is 1. The molecular formula is C12H13N3O2S. The van der Waals surface area contributed by atoms with E-state index in [2.05, 4.69) is 21.0 Å². The van der Waals surface area contributed by atoms with Gasteiger partial charge >= 0.3 is 0 Å². The Hall–Kier alpha value is -1.66. The zero-order valence-electron chi connectivity index (χ0n) is 9.63. The van der Waals surface area contributed by atoms with Crippen molar-refractivity contribution in [3.05, 3.63) is 47.7 Å². The second kappa shape index (κ2) is 4.22. The van der Waals surface area contributed by atoms with Crippen LogP contribution in [-0.4, -0.2) is 25.2 Å². The SMILES string of the molecule is O=S(=O)(NCC1Cc2ccccc21)c1ccn[nH]1. The Bertz CT molecular complexity index is 650. The van der Waals surface area contributed by atoms with Crippen molar-refractivity contribution in [2.24, 2.45) is 0 Å². The maximum atomic E-state index is 11.9. The maximum absolute atomic E-state index is 11.9. The van der Waals surface area contributed by atoms with Crippen molar-refractivity contribution in [3.8, 4) is 0 Å². The molecule has 0 spiro atoms. The first kappa shape index (κ1) is 11.4. The van der Waals surface area contributed by atoms with Crippen molar-refractivity contribution in [1.29, 1.82) is 0 Å². The van der Waals surface area contributed by atoms with Gasteiger partial charge in [-0.15, -0.1) is 0 Å². The number of nitrogens with zero attached hydrogens (tertiary/aromatic N) is 1. The third kappa shape index (κ3) is 1.93. The average molecular weight is 263 g/mol. The van der Waals surface area contributed by atoms with Crippen LogP contribution in [0.4, 0.5) is 0 Å². The predicted octanol–water partition coefficient (Wildman–Crippen LogP) is 1.03. The van der Waals surface area contributed by atoms with E-state index in [-0.39, 0.29) is 10.9 Å². The quantitative estimate of drug-likeness (QED) is 0.865.